The number of halogens is 2. The number of nitro benzene ring substituents is 1. The molecule has 1 heterocycles. The fourth-order valence-electron chi connectivity index (χ4n) is 3.73. The van der Waals surface area contributed by atoms with Crippen LogP contribution in [0.4, 0.5) is 5.69 Å². The van der Waals surface area contributed by atoms with Crippen LogP contribution in [0.25, 0.3) is 0 Å². The minimum atomic E-state index is -0.765. The minimum absolute atomic E-state index is 0.0465. The SMILES string of the molecule is O=C(CN(C(=O)c1ccc(Cl)c(Cl)c1)N1C(=O)CCCC1=O)c1ccc(Oc2ccc([N+](=O)[O-])cc2)cc1. The second kappa shape index (κ2) is 11.4. The lowest BCUT2D eigenvalue weighted by Gasteiger charge is -2.35. The highest BCUT2D eigenvalue weighted by atomic mass is 35.5. The number of nitrogens with zero attached hydrogens (tertiary/aromatic N) is 3. The Bertz CT molecular complexity index is 1410. The maximum Gasteiger partial charge on any atom is 0.273 e. The van der Waals surface area contributed by atoms with Gasteiger partial charge in [0.05, 0.1) is 15.0 Å². The van der Waals surface area contributed by atoms with Crippen molar-refractivity contribution in [2.75, 3.05) is 6.54 Å². The molecule has 0 spiro atoms. The molecule has 3 aromatic carbocycles. The van der Waals surface area contributed by atoms with Gasteiger partial charge in [-0.2, -0.15) is 5.01 Å². The number of rotatable bonds is 8. The van der Waals surface area contributed by atoms with Gasteiger partial charge in [-0.1, -0.05) is 23.2 Å². The van der Waals surface area contributed by atoms with Crippen LogP contribution < -0.4 is 4.74 Å². The summed E-state index contributed by atoms with van der Waals surface area (Å²) in [7, 11) is 0. The number of non-ortho nitro benzene ring substituents is 1. The Labute approximate surface area is 226 Å². The summed E-state index contributed by atoms with van der Waals surface area (Å²) in [5, 5.41) is 12.7. The van der Waals surface area contributed by atoms with E-state index in [0.29, 0.717) is 17.9 Å². The third kappa shape index (κ3) is 5.99. The van der Waals surface area contributed by atoms with E-state index in [4.69, 9.17) is 27.9 Å². The third-order valence-corrected chi connectivity index (χ3v) is 6.39. The van der Waals surface area contributed by atoms with Crippen LogP contribution in [-0.2, 0) is 9.59 Å². The van der Waals surface area contributed by atoms with Crippen LogP contribution in [0.5, 0.6) is 11.5 Å². The Hall–Kier alpha value is -4.28. The third-order valence-electron chi connectivity index (χ3n) is 5.65. The number of Topliss-reactive ketones (excluding diaryl/α,β-unsaturated/α-hetero) is 1. The number of imide groups is 1. The highest BCUT2D eigenvalue weighted by molar-refractivity contribution is 6.42. The lowest BCUT2D eigenvalue weighted by atomic mass is 10.1. The fraction of sp³-hybridized carbons (Fsp3) is 0.154. The van der Waals surface area contributed by atoms with Crippen molar-refractivity contribution in [3.63, 3.8) is 0 Å². The topological polar surface area (TPSA) is 127 Å². The summed E-state index contributed by atoms with van der Waals surface area (Å²) >= 11 is 12.0. The van der Waals surface area contributed by atoms with Gasteiger partial charge in [0.2, 0.25) is 11.8 Å². The predicted molar refractivity (Wildman–Crippen MR) is 137 cm³/mol. The van der Waals surface area contributed by atoms with Crippen molar-refractivity contribution in [1.82, 2.24) is 10.0 Å². The van der Waals surface area contributed by atoms with Crippen LogP contribution in [0, 0.1) is 10.1 Å². The van der Waals surface area contributed by atoms with Gasteiger partial charge in [0.15, 0.2) is 5.78 Å². The van der Waals surface area contributed by atoms with Gasteiger partial charge in [0.1, 0.15) is 18.0 Å². The molecule has 194 valence electrons. The first-order valence-electron chi connectivity index (χ1n) is 11.3. The van der Waals surface area contributed by atoms with Crippen LogP contribution in [0.15, 0.2) is 66.7 Å². The molecule has 1 aliphatic rings. The number of hydrazine groups is 1. The van der Waals surface area contributed by atoms with E-state index < -0.39 is 35.0 Å². The summed E-state index contributed by atoms with van der Waals surface area (Å²) in [5.74, 6) is -1.76. The molecule has 0 saturated carbocycles. The van der Waals surface area contributed by atoms with Crippen molar-refractivity contribution in [3.8, 4) is 11.5 Å². The predicted octanol–water partition coefficient (Wildman–Crippen LogP) is 5.47. The van der Waals surface area contributed by atoms with Crippen LogP contribution in [0.3, 0.4) is 0 Å². The molecule has 1 fully saturated rings. The van der Waals surface area contributed by atoms with E-state index in [0.717, 1.165) is 10.0 Å². The number of carbonyl (C=O) groups is 4. The van der Waals surface area contributed by atoms with Crippen molar-refractivity contribution in [2.24, 2.45) is 0 Å². The smallest absolute Gasteiger partial charge is 0.273 e. The molecule has 12 heteroatoms. The van der Waals surface area contributed by atoms with Crippen LogP contribution in [0.1, 0.15) is 40.0 Å². The molecule has 0 aromatic heterocycles. The van der Waals surface area contributed by atoms with Crippen LogP contribution in [-0.4, -0.2) is 45.0 Å². The average Bonchev–Trinajstić information content (AvgIpc) is 2.89. The van der Waals surface area contributed by atoms with E-state index >= 15 is 0 Å². The Morgan fingerprint density at radius 1 is 0.868 bits per heavy atom. The van der Waals surface area contributed by atoms with Gasteiger partial charge in [-0.05, 0) is 61.0 Å². The van der Waals surface area contributed by atoms with Crippen molar-refractivity contribution >= 4 is 52.4 Å². The molecule has 0 bridgehead atoms. The number of ketones is 1. The lowest BCUT2D eigenvalue weighted by molar-refractivity contribution is -0.384. The number of hydrogen-bond acceptors (Lipinski definition) is 7. The quantitative estimate of drug-likeness (QED) is 0.156. The zero-order chi connectivity index (χ0) is 27.4. The summed E-state index contributed by atoms with van der Waals surface area (Å²) in [5.41, 5.74) is 0.166. The molecule has 0 unspecified atom stereocenters. The highest BCUT2D eigenvalue weighted by Gasteiger charge is 2.36. The number of nitro groups is 1. The zero-order valence-corrected chi connectivity index (χ0v) is 21.1. The highest BCUT2D eigenvalue weighted by Crippen LogP contribution is 2.26. The number of piperidine rings is 1. The van der Waals surface area contributed by atoms with Crippen molar-refractivity contribution in [3.05, 3.63) is 98.0 Å². The van der Waals surface area contributed by atoms with Crippen molar-refractivity contribution in [1.29, 1.82) is 0 Å². The number of amides is 3. The van der Waals surface area contributed by atoms with E-state index in [1.54, 1.807) is 0 Å². The van der Waals surface area contributed by atoms with E-state index in [2.05, 4.69) is 0 Å². The summed E-state index contributed by atoms with van der Waals surface area (Å²) in [6.07, 6.45) is 0.465. The lowest BCUT2D eigenvalue weighted by Crippen LogP contribution is -2.56. The van der Waals surface area contributed by atoms with Gasteiger partial charge in [0, 0.05) is 36.1 Å². The average molecular weight is 556 g/mol. The number of ether oxygens (including phenoxy) is 1. The summed E-state index contributed by atoms with van der Waals surface area (Å²) < 4.78 is 5.65. The zero-order valence-electron chi connectivity index (χ0n) is 19.6. The van der Waals surface area contributed by atoms with Gasteiger partial charge < -0.3 is 4.74 Å². The Morgan fingerprint density at radius 3 is 1.97 bits per heavy atom. The maximum absolute atomic E-state index is 13.4. The molecule has 3 aromatic rings. The first-order valence-corrected chi connectivity index (χ1v) is 12.1. The van der Waals surface area contributed by atoms with Gasteiger partial charge >= 0.3 is 0 Å². The van der Waals surface area contributed by atoms with Crippen LogP contribution >= 0.6 is 23.2 Å². The van der Waals surface area contributed by atoms with E-state index in [1.807, 2.05) is 0 Å². The normalized spacial score (nSPS) is 13.3. The molecule has 4 rings (SSSR count). The molecular weight excluding hydrogens is 537 g/mol. The maximum atomic E-state index is 13.4. The minimum Gasteiger partial charge on any atom is -0.457 e. The van der Waals surface area contributed by atoms with Gasteiger partial charge in [-0.3, -0.25) is 29.3 Å². The molecular formula is C26H19Cl2N3O7. The Balaban J connectivity index is 1.54. The molecule has 1 saturated heterocycles. The van der Waals surface area contributed by atoms with Crippen molar-refractivity contribution < 1.29 is 28.8 Å². The number of hydrogen-bond donors (Lipinski definition) is 0. The fourth-order valence-corrected chi connectivity index (χ4v) is 4.03. The molecule has 0 atom stereocenters. The summed E-state index contributed by atoms with van der Waals surface area (Å²) in [6, 6.07) is 15.5. The van der Waals surface area contributed by atoms with E-state index in [9.17, 15) is 29.3 Å². The van der Waals surface area contributed by atoms with Crippen molar-refractivity contribution in [2.45, 2.75) is 19.3 Å². The molecule has 3 amide bonds. The Kier molecular flexibility index (Phi) is 8.04. The number of benzene rings is 3. The molecule has 0 radical (unpaired) electrons. The molecule has 1 aliphatic heterocycles. The van der Waals surface area contributed by atoms with Gasteiger partial charge in [-0.15, -0.1) is 0 Å². The summed E-state index contributed by atoms with van der Waals surface area (Å²) in [6.45, 7) is -0.584. The first kappa shape index (κ1) is 26.8. The molecule has 10 nitrogen and oxygen atoms in total. The largest absolute Gasteiger partial charge is 0.457 e. The molecule has 0 aliphatic carbocycles. The second-order valence-electron chi connectivity index (χ2n) is 8.25. The first-order chi connectivity index (χ1) is 18.1. The van der Waals surface area contributed by atoms with Gasteiger partial charge in [-0.25, -0.2) is 5.01 Å². The monoisotopic (exact) mass is 555 g/mol. The van der Waals surface area contributed by atoms with E-state index in [1.165, 1.54) is 66.7 Å². The molecule has 0 N–H and O–H groups in total. The van der Waals surface area contributed by atoms with Crippen LogP contribution in [0.2, 0.25) is 10.0 Å². The molecule has 38 heavy (non-hydrogen) atoms. The van der Waals surface area contributed by atoms with E-state index in [-0.39, 0.29) is 39.7 Å². The second-order valence-corrected chi connectivity index (χ2v) is 9.06. The summed E-state index contributed by atoms with van der Waals surface area (Å²) in [4.78, 5) is 62.0. The number of carbonyl (C=O) groups excluding carboxylic acids is 4. The standard InChI is InChI=1S/C26H19Cl2N3O7/c27-21-13-6-17(14-22(21)28)26(35)29(30-24(33)2-1-3-25(30)34)15-23(32)16-4-9-19(10-5-16)38-20-11-7-18(8-12-20)31(36)37/h4-14H,1-3,15H2. The Morgan fingerprint density at radius 2 is 1.42 bits per heavy atom. The van der Waals surface area contributed by atoms with Gasteiger partial charge in [0.25, 0.3) is 11.6 Å².